The smallest absolute Gasteiger partial charge is 0.204 e. The summed E-state index contributed by atoms with van der Waals surface area (Å²) in [5, 5.41) is 6.42. The van der Waals surface area contributed by atoms with E-state index in [2.05, 4.69) is 20.6 Å². The van der Waals surface area contributed by atoms with E-state index in [1.54, 1.807) is 33.8 Å². The fourth-order valence-corrected chi connectivity index (χ4v) is 3.31. The van der Waals surface area contributed by atoms with Crippen LogP contribution in [0.4, 0.5) is 17.5 Å². The topological polar surface area (TPSA) is 95.6 Å². The molecule has 1 aromatic carbocycles. The van der Waals surface area contributed by atoms with Crippen molar-refractivity contribution in [3.63, 3.8) is 0 Å². The minimum absolute atomic E-state index is 0.532. The van der Waals surface area contributed by atoms with Gasteiger partial charge in [-0.1, -0.05) is 0 Å². The molecule has 156 valence electrons. The predicted molar refractivity (Wildman–Crippen MR) is 114 cm³/mol. The lowest BCUT2D eigenvalue weighted by Gasteiger charge is -2.15. The standard InChI is InChI=1S/C21H23N5O4/c1-22-21-25-15-11-23-19(10-16(15)26(21)12-14-6-5-7-30-14)24-13-8-17(27-2)20(29-4)18(9-13)28-3/h5-11H,12H2,1-4H3,(H,22,25)(H,23,24). The largest absolute Gasteiger partial charge is 0.493 e. The summed E-state index contributed by atoms with van der Waals surface area (Å²) in [6.45, 7) is 0.549. The van der Waals surface area contributed by atoms with Gasteiger partial charge < -0.3 is 33.8 Å². The number of nitrogens with zero attached hydrogens (tertiary/aromatic N) is 3. The number of anilines is 3. The first-order valence-electron chi connectivity index (χ1n) is 9.30. The molecule has 0 unspecified atom stereocenters. The summed E-state index contributed by atoms with van der Waals surface area (Å²) in [6.07, 6.45) is 3.39. The number of nitrogens with one attached hydrogen (secondary N) is 2. The van der Waals surface area contributed by atoms with Crippen molar-refractivity contribution >= 4 is 28.5 Å². The highest BCUT2D eigenvalue weighted by atomic mass is 16.5. The van der Waals surface area contributed by atoms with Crippen LogP contribution < -0.4 is 24.8 Å². The van der Waals surface area contributed by atoms with Gasteiger partial charge in [-0.15, -0.1) is 0 Å². The van der Waals surface area contributed by atoms with E-state index in [-0.39, 0.29) is 0 Å². The number of methoxy groups -OCH3 is 3. The number of imidazole rings is 1. The van der Waals surface area contributed by atoms with Crippen molar-refractivity contribution in [2.24, 2.45) is 0 Å². The van der Waals surface area contributed by atoms with Gasteiger partial charge in [0.1, 0.15) is 17.1 Å². The van der Waals surface area contributed by atoms with Crippen LogP contribution >= 0.6 is 0 Å². The molecule has 0 spiro atoms. The van der Waals surface area contributed by atoms with E-state index < -0.39 is 0 Å². The van der Waals surface area contributed by atoms with Crippen molar-refractivity contribution in [1.29, 1.82) is 0 Å². The van der Waals surface area contributed by atoms with Crippen molar-refractivity contribution in [1.82, 2.24) is 14.5 Å². The monoisotopic (exact) mass is 409 g/mol. The molecule has 0 saturated heterocycles. The molecule has 4 aromatic rings. The molecule has 0 amide bonds. The summed E-state index contributed by atoms with van der Waals surface area (Å²) >= 11 is 0. The molecule has 3 heterocycles. The van der Waals surface area contributed by atoms with Gasteiger partial charge >= 0.3 is 0 Å². The Labute approximate surface area is 173 Å². The second-order valence-corrected chi connectivity index (χ2v) is 6.45. The lowest BCUT2D eigenvalue weighted by molar-refractivity contribution is 0.324. The summed E-state index contributed by atoms with van der Waals surface area (Å²) < 4.78 is 23.8. The molecule has 0 aliphatic carbocycles. The number of rotatable bonds is 8. The molecule has 0 saturated carbocycles. The van der Waals surface area contributed by atoms with Crippen LogP contribution in [0.1, 0.15) is 5.76 Å². The van der Waals surface area contributed by atoms with Gasteiger partial charge in [0.2, 0.25) is 11.7 Å². The van der Waals surface area contributed by atoms with Crippen LogP contribution in [-0.4, -0.2) is 42.9 Å². The van der Waals surface area contributed by atoms with E-state index in [0.717, 1.165) is 28.4 Å². The second-order valence-electron chi connectivity index (χ2n) is 6.45. The lowest BCUT2D eigenvalue weighted by Crippen LogP contribution is -2.04. The molecular weight excluding hydrogens is 386 g/mol. The maximum Gasteiger partial charge on any atom is 0.204 e. The molecule has 0 fully saturated rings. The first-order valence-corrected chi connectivity index (χ1v) is 9.30. The Kier molecular flexibility index (Phi) is 5.34. The summed E-state index contributed by atoms with van der Waals surface area (Å²) in [7, 11) is 6.57. The van der Waals surface area contributed by atoms with Crippen LogP contribution in [0.2, 0.25) is 0 Å². The average Bonchev–Trinajstić information content (AvgIpc) is 3.41. The Balaban J connectivity index is 1.72. The molecule has 0 atom stereocenters. The van der Waals surface area contributed by atoms with Crippen LogP contribution in [0.3, 0.4) is 0 Å². The number of pyridine rings is 1. The fraction of sp³-hybridized carbons (Fsp3) is 0.238. The highest BCUT2D eigenvalue weighted by Gasteiger charge is 2.15. The quantitative estimate of drug-likeness (QED) is 0.453. The van der Waals surface area contributed by atoms with Gasteiger partial charge in [0.25, 0.3) is 0 Å². The molecule has 4 rings (SSSR count). The third-order valence-corrected chi connectivity index (χ3v) is 4.69. The van der Waals surface area contributed by atoms with Crippen molar-refractivity contribution in [2.75, 3.05) is 39.0 Å². The van der Waals surface area contributed by atoms with Crippen molar-refractivity contribution in [3.05, 3.63) is 48.6 Å². The molecule has 9 heteroatoms. The number of ether oxygens (including phenoxy) is 3. The van der Waals surface area contributed by atoms with Crippen LogP contribution in [-0.2, 0) is 6.54 Å². The van der Waals surface area contributed by atoms with Crippen LogP contribution in [0.5, 0.6) is 17.2 Å². The SMILES string of the molecule is CNc1nc2cnc(Nc3cc(OC)c(OC)c(OC)c3)cc2n1Cc1ccco1. The molecule has 0 radical (unpaired) electrons. The summed E-state index contributed by atoms with van der Waals surface area (Å²) in [5.74, 6) is 3.86. The number of benzene rings is 1. The van der Waals surface area contributed by atoms with Gasteiger partial charge in [0.05, 0.1) is 45.9 Å². The van der Waals surface area contributed by atoms with E-state index in [1.165, 1.54) is 0 Å². The number of furan rings is 1. The van der Waals surface area contributed by atoms with Gasteiger partial charge in [-0.3, -0.25) is 0 Å². The molecule has 2 N–H and O–H groups in total. The highest BCUT2D eigenvalue weighted by Crippen LogP contribution is 2.40. The van der Waals surface area contributed by atoms with Crippen molar-refractivity contribution in [2.45, 2.75) is 6.54 Å². The summed E-state index contributed by atoms with van der Waals surface area (Å²) in [4.78, 5) is 9.09. The zero-order chi connectivity index (χ0) is 21.1. The Morgan fingerprint density at radius 3 is 2.43 bits per heavy atom. The molecule has 0 aliphatic heterocycles. The summed E-state index contributed by atoms with van der Waals surface area (Å²) in [6, 6.07) is 9.39. The second kappa shape index (κ2) is 8.24. The average molecular weight is 409 g/mol. The molecule has 0 aliphatic rings. The van der Waals surface area contributed by atoms with E-state index in [9.17, 15) is 0 Å². The zero-order valence-corrected chi connectivity index (χ0v) is 17.2. The molecule has 9 nitrogen and oxygen atoms in total. The van der Waals surface area contributed by atoms with Gasteiger partial charge in [0, 0.05) is 30.9 Å². The molecular formula is C21H23N5O4. The molecule has 0 bridgehead atoms. The van der Waals surface area contributed by atoms with Crippen molar-refractivity contribution in [3.8, 4) is 17.2 Å². The maximum atomic E-state index is 5.51. The van der Waals surface area contributed by atoms with Crippen LogP contribution in [0.15, 0.2) is 47.2 Å². The maximum absolute atomic E-state index is 5.51. The van der Waals surface area contributed by atoms with Gasteiger partial charge in [0.15, 0.2) is 11.5 Å². The summed E-state index contributed by atoms with van der Waals surface area (Å²) in [5.41, 5.74) is 2.45. The third-order valence-electron chi connectivity index (χ3n) is 4.69. The Morgan fingerprint density at radius 1 is 1.07 bits per heavy atom. The minimum Gasteiger partial charge on any atom is -0.493 e. The van der Waals surface area contributed by atoms with Crippen molar-refractivity contribution < 1.29 is 18.6 Å². The normalized spacial score (nSPS) is 10.8. The van der Waals surface area contributed by atoms with Gasteiger partial charge in [-0.25, -0.2) is 9.97 Å². The fourth-order valence-electron chi connectivity index (χ4n) is 3.31. The van der Waals surface area contributed by atoms with Gasteiger partial charge in [-0.2, -0.15) is 0 Å². The number of hydrogen-bond acceptors (Lipinski definition) is 8. The Morgan fingerprint density at radius 2 is 1.83 bits per heavy atom. The van der Waals surface area contributed by atoms with E-state index >= 15 is 0 Å². The van der Waals surface area contributed by atoms with Gasteiger partial charge in [-0.05, 0) is 12.1 Å². The van der Waals surface area contributed by atoms with E-state index in [0.29, 0.717) is 29.6 Å². The highest BCUT2D eigenvalue weighted by molar-refractivity contribution is 5.81. The molecule has 3 aromatic heterocycles. The Hall–Kier alpha value is -3.88. The lowest BCUT2D eigenvalue weighted by atomic mass is 10.2. The Bertz CT molecular complexity index is 1130. The predicted octanol–water partition coefficient (Wildman–Crippen LogP) is 3.88. The first kappa shape index (κ1) is 19.4. The first-order chi connectivity index (χ1) is 14.7. The van der Waals surface area contributed by atoms with E-state index in [4.69, 9.17) is 18.6 Å². The zero-order valence-electron chi connectivity index (χ0n) is 17.2. The van der Waals surface area contributed by atoms with E-state index in [1.807, 2.05) is 41.9 Å². The third kappa shape index (κ3) is 3.57. The molecule has 30 heavy (non-hydrogen) atoms. The number of fused-ring (bicyclic) bond motifs is 1. The van der Waals surface area contributed by atoms with Crippen LogP contribution in [0, 0.1) is 0 Å². The number of hydrogen-bond donors (Lipinski definition) is 2. The number of aromatic nitrogens is 3. The minimum atomic E-state index is 0.532. The van der Waals surface area contributed by atoms with Crippen LogP contribution in [0.25, 0.3) is 11.0 Å².